The van der Waals surface area contributed by atoms with Gasteiger partial charge < -0.3 is 14.2 Å². The molecule has 0 saturated carbocycles. The zero-order chi connectivity index (χ0) is 19.3. The normalized spacial score (nSPS) is 16.5. The first-order valence-corrected chi connectivity index (χ1v) is 10.5. The van der Waals surface area contributed by atoms with Crippen LogP contribution >= 0.6 is 11.3 Å². The molecule has 28 heavy (non-hydrogen) atoms. The molecule has 3 heterocycles. The van der Waals surface area contributed by atoms with Crippen molar-refractivity contribution in [2.24, 2.45) is 0 Å². The maximum Gasteiger partial charge on any atom is 0.227 e. The fourth-order valence-corrected chi connectivity index (χ4v) is 4.23. The van der Waals surface area contributed by atoms with E-state index in [9.17, 15) is 4.79 Å². The Morgan fingerprint density at radius 2 is 2.18 bits per heavy atom. The van der Waals surface area contributed by atoms with Gasteiger partial charge in [0.1, 0.15) is 5.75 Å². The molecule has 0 aliphatic carbocycles. The molecule has 1 amide bonds. The van der Waals surface area contributed by atoms with Gasteiger partial charge in [-0.25, -0.2) is 0 Å². The first kappa shape index (κ1) is 18.7. The van der Waals surface area contributed by atoms with Gasteiger partial charge in [-0.05, 0) is 48.9 Å². The molecule has 1 aliphatic heterocycles. The number of ether oxygens (including phenoxy) is 1. The van der Waals surface area contributed by atoms with E-state index in [4.69, 9.17) is 9.26 Å². The highest BCUT2D eigenvalue weighted by Crippen LogP contribution is 2.33. The van der Waals surface area contributed by atoms with Crippen molar-refractivity contribution in [2.45, 2.75) is 38.6 Å². The third-order valence-corrected chi connectivity index (χ3v) is 5.78. The minimum absolute atomic E-state index is 0.132. The van der Waals surface area contributed by atoms with Crippen molar-refractivity contribution >= 4 is 17.2 Å². The van der Waals surface area contributed by atoms with Gasteiger partial charge in [0.05, 0.1) is 17.5 Å². The van der Waals surface area contributed by atoms with Gasteiger partial charge in [-0.2, -0.15) is 4.98 Å². The summed E-state index contributed by atoms with van der Waals surface area (Å²) >= 11 is 1.57. The van der Waals surface area contributed by atoms with E-state index in [1.165, 1.54) is 0 Å². The first-order valence-electron chi connectivity index (χ1n) is 9.63. The Kier molecular flexibility index (Phi) is 5.71. The second-order valence-electron chi connectivity index (χ2n) is 6.74. The van der Waals surface area contributed by atoms with E-state index in [1.807, 2.05) is 41.5 Å². The summed E-state index contributed by atoms with van der Waals surface area (Å²) in [6.45, 7) is 3.41. The Balaban J connectivity index is 1.37. The van der Waals surface area contributed by atoms with E-state index in [1.54, 1.807) is 11.3 Å². The molecule has 1 fully saturated rings. The Bertz CT molecular complexity index is 905. The fraction of sp³-hybridized carbons (Fsp3) is 0.381. The van der Waals surface area contributed by atoms with Crippen LogP contribution in [0.15, 0.2) is 46.3 Å². The van der Waals surface area contributed by atoms with Crippen molar-refractivity contribution < 1.29 is 14.1 Å². The van der Waals surface area contributed by atoms with Crippen molar-refractivity contribution in [1.29, 1.82) is 0 Å². The van der Waals surface area contributed by atoms with Crippen molar-refractivity contribution in [3.05, 3.63) is 53.2 Å². The standard InChI is InChI=1S/C21H23N3O3S/c1-2-26-16-9-7-15(8-10-16)17-5-3-13-24(17)20(25)12-11-19-22-21(23-27-19)18-6-4-14-28-18/h4,6-10,14,17H,2-3,5,11-13H2,1H3. The van der Waals surface area contributed by atoms with Crippen LogP contribution in [-0.4, -0.2) is 34.1 Å². The largest absolute Gasteiger partial charge is 0.494 e. The van der Waals surface area contributed by atoms with Crippen LogP contribution in [0, 0.1) is 0 Å². The van der Waals surface area contributed by atoms with Crippen LogP contribution in [-0.2, 0) is 11.2 Å². The Hall–Kier alpha value is -2.67. The fourth-order valence-electron chi connectivity index (χ4n) is 3.58. The minimum atomic E-state index is 0.132. The predicted molar refractivity (Wildman–Crippen MR) is 107 cm³/mol. The molecule has 0 radical (unpaired) electrons. The number of rotatable bonds is 7. The van der Waals surface area contributed by atoms with Crippen molar-refractivity contribution in [3.63, 3.8) is 0 Å². The third kappa shape index (κ3) is 4.09. The van der Waals surface area contributed by atoms with Gasteiger partial charge in [0.2, 0.25) is 17.6 Å². The lowest BCUT2D eigenvalue weighted by molar-refractivity contribution is -0.132. The lowest BCUT2D eigenvalue weighted by Crippen LogP contribution is -2.30. The molecule has 0 bridgehead atoms. The number of amides is 1. The van der Waals surface area contributed by atoms with Gasteiger partial charge in [0, 0.05) is 19.4 Å². The molecule has 0 spiro atoms. The number of carbonyl (C=O) groups excluding carboxylic acids is 1. The van der Waals surface area contributed by atoms with Crippen LogP contribution < -0.4 is 4.74 Å². The van der Waals surface area contributed by atoms with E-state index < -0.39 is 0 Å². The maximum absolute atomic E-state index is 12.8. The number of thiophene rings is 1. The molecule has 2 aromatic heterocycles. The summed E-state index contributed by atoms with van der Waals surface area (Å²) in [5.41, 5.74) is 1.16. The van der Waals surface area contributed by atoms with E-state index in [2.05, 4.69) is 22.3 Å². The van der Waals surface area contributed by atoms with Crippen LogP contribution in [0.5, 0.6) is 5.75 Å². The van der Waals surface area contributed by atoms with Crippen molar-refractivity contribution in [3.8, 4) is 16.5 Å². The summed E-state index contributed by atoms with van der Waals surface area (Å²) in [7, 11) is 0. The molecule has 1 aromatic carbocycles. The molecular weight excluding hydrogens is 374 g/mol. The molecular formula is C21H23N3O3S. The molecule has 6 nitrogen and oxygen atoms in total. The SMILES string of the molecule is CCOc1ccc(C2CCCN2C(=O)CCc2nc(-c3cccs3)no2)cc1. The maximum atomic E-state index is 12.8. The molecule has 7 heteroatoms. The first-order chi connectivity index (χ1) is 13.7. The molecule has 1 unspecified atom stereocenters. The molecule has 4 rings (SSSR count). The van der Waals surface area contributed by atoms with Crippen LogP contribution in [0.2, 0.25) is 0 Å². The van der Waals surface area contributed by atoms with Gasteiger partial charge in [0.25, 0.3) is 0 Å². The average molecular weight is 398 g/mol. The van der Waals surface area contributed by atoms with E-state index >= 15 is 0 Å². The highest BCUT2D eigenvalue weighted by atomic mass is 32.1. The molecule has 1 saturated heterocycles. The smallest absolute Gasteiger partial charge is 0.227 e. The van der Waals surface area contributed by atoms with Gasteiger partial charge in [-0.15, -0.1) is 11.3 Å². The lowest BCUT2D eigenvalue weighted by atomic mass is 10.0. The average Bonchev–Trinajstić information content (AvgIpc) is 3.48. The van der Waals surface area contributed by atoms with E-state index in [0.29, 0.717) is 31.2 Å². The number of hydrogen-bond acceptors (Lipinski definition) is 6. The number of benzene rings is 1. The van der Waals surface area contributed by atoms with Crippen LogP contribution in [0.1, 0.15) is 43.7 Å². The van der Waals surface area contributed by atoms with E-state index in [-0.39, 0.29) is 11.9 Å². The second-order valence-corrected chi connectivity index (χ2v) is 7.68. The van der Waals surface area contributed by atoms with Gasteiger partial charge in [-0.3, -0.25) is 4.79 Å². The van der Waals surface area contributed by atoms with Crippen molar-refractivity contribution in [2.75, 3.05) is 13.2 Å². The van der Waals surface area contributed by atoms with Gasteiger partial charge >= 0.3 is 0 Å². The molecule has 1 atom stereocenters. The Morgan fingerprint density at radius 3 is 2.93 bits per heavy atom. The number of nitrogens with zero attached hydrogens (tertiary/aromatic N) is 3. The zero-order valence-corrected chi connectivity index (χ0v) is 16.7. The predicted octanol–water partition coefficient (Wildman–Crippen LogP) is 4.49. The summed E-state index contributed by atoms with van der Waals surface area (Å²) in [5.74, 6) is 2.09. The number of aryl methyl sites for hydroxylation is 1. The number of hydrogen-bond donors (Lipinski definition) is 0. The van der Waals surface area contributed by atoms with Crippen LogP contribution in [0.4, 0.5) is 0 Å². The lowest BCUT2D eigenvalue weighted by Gasteiger charge is -2.25. The summed E-state index contributed by atoms with van der Waals surface area (Å²) in [6.07, 6.45) is 2.85. The number of aromatic nitrogens is 2. The summed E-state index contributed by atoms with van der Waals surface area (Å²) < 4.78 is 10.8. The third-order valence-electron chi connectivity index (χ3n) is 4.91. The molecule has 146 valence electrons. The minimum Gasteiger partial charge on any atom is -0.494 e. The monoisotopic (exact) mass is 397 g/mol. The number of carbonyl (C=O) groups is 1. The quantitative estimate of drug-likeness (QED) is 0.587. The molecule has 3 aromatic rings. The van der Waals surface area contributed by atoms with Crippen LogP contribution in [0.3, 0.4) is 0 Å². The number of likely N-dealkylation sites (tertiary alicyclic amines) is 1. The zero-order valence-electron chi connectivity index (χ0n) is 15.8. The summed E-state index contributed by atoms with van der Waals surface area (Å²) in [4.78, 5) is 20.2. The van der Waals surface area contributed by atoms with Gasteiger partial charge in [-0.1, -0.05) is 23.4 Å². The molecule has 1 aliphatic rings. The highest BCUT2D eigenvalue weighted by Gasteiger charge is 2.29. The summed E-state index contributed by atoms with van der Waals surface area (Å²) in [6, 6.07) is 12.1. The Labute approximate surface area is 168 Å². The Morgan fingerprint density at radius 1 is 1.32 bits per heavy atom. The molecule has 0 N–H and O–H groups in total. The van der Waals surface area contributed by atoms with E-state index in [0.717, 1.165) is 35.6 Å². The van der Waals surface area contributed by atoms with Gasteiger partial charge in [0.15, 0.2) is 0 Å². The second kappa shape index (κ2) is 8.56. The van der Waals surface area contributed by atoms with Crippen molar-refractivity contribution in [1.82, 2.24) is 15.0 Å². The summed E-state index contributed by atoms with van der Waals surface area (Å²) in [5, 5.41) is 5.98. The topological polar surface area (TPSA) is 68.5 Å². The van der Waals surface area contributed by atoms with Crippen LogP contribution in [0.25, 0.3) is 10.7 Å². The highest BCUT2D eigenvalue weighted by molar-refractivity contribution is 7.13.